The van der Waals surface area contributed by atoms with Crippen molar-refractivity contribution in [1.29, 1.82) is 0 Å². The summed E-state index contributed by atoms with van der Waals surface area (Å²) in [4.78, 5) is 22.3. The number of fused-ring (bicyclic) bond motifs is 9. The van der Waals surface area contributed by atoms with Crippen LogP contribution in [0.1, 0.15) is 70.3 Å². The van der Waals surface area contributed by atoms with E-state index in [2.05, 4.69) is 68.4 Å². The molecule has 2 aliphatic rings. The molecule has 0 amide bonds. The summed E-state index contributed by atoms with van der Waals surface area (Å²) in [5.41, 5.74) is 4.89. The van der Waals surface area contributed by atoms with Crippen molar-refractivity contribution in [3.05, 3.63) is 51.7 Å². The van der Waals surface area contributed by atoms with E-state index in [1.807, 2.05) is 0 Å². The highest BCUT2D eigenvalue weighted by Gasteiger charge is 2.54. The van der Waals surface area contributed by atoms with Crippen LogP contribution in [0.3, 0.4) is 0 Å². The molecule has 3 heterocycles. The third-order valence-electron chi connectivity index (χ3n) is 6.97. The van der Waals surface area contributed by atoms with Crippen molar-refractivity contribution in [3.63, 3.8) is 0 Å². The Morgan fingerprint density at radius 2 is 1.96 bits per heavy atom. The number of aromatic nitrogens is 3. The number of hydrogen-bond donors (Lipinski definition) is 0. The molecular formula is C22H25N3O. The Hall–Kier alpha value is -2.23. The average Bonchev–Trinajstić information content (AvgIpc) is 3.00. The first-order valence-corrected chi connectivity index (χ1v) is 9.59. The molecule has 3 aromatic heterocycles. The molecule has 1 fully saturated rings. The summed E-state index contributed by atoms with van der Waals surface area (Å²) in [6.45, 7) is 11.1. The topological polar surface area (TPSA) is 47.3 Å². The van der Waals surface area contributed by atoms with Gasteiger partial charge in [-0.05, 0) is 42.9 Å². The quantitative estimate of drug-likeness (QED) is 0.569. The molecule has 0 radical (unpaired) electrons. The Labute approximate surface area is 153 Å². The molecule has 3 aromatic rings. The molecule has 5 rings (SSSR count). The van der Waals surface area contributed by atoms with Crippen LogP contribution in [0.25, 0.3) is 16.6 Å². The van der Waals surface area contributed by atoms with E-state index in [4.69, 9.17) is 4.98 Å². The summed E-state index contributed by atoms with van der Waals surface area (Å²) in [5, 5.41) is 0.958. The molecule has 3 unspecified atom stereocenters. The van der Waals surface area contributed by atoms with Crippen LogP contribution in [0.4, 0.5) is 0 Å². The van der Waals surface area contributed by atoms with Crippen LogP contribution in [0.2, 0.25) is 0 Å². The molecule has 2 bridgehead atoms. The smallest absolute Gasteiger partial charge is 0.277 e. The van der Waals surface area contributed by atoms with Crippen molar-refractivity contribution in [3.8, 4) is 0 Å². The minimum absolute atomic E-state index is 0.00654. The lowest BCUT2D eigenvalue weighted by Gasteiger charge is -2.28. The van der Waals surface area contributed by atoms with E-state index in [0.717, 1.165) is 40.6 Å². The third-order valence-corrected chi connectivity index (χ3v) is 6.97. The molecule has 4 nitrogen and oxygen atoms in total. The summed E-state index contributed by atoms with van der Waals surface area (Å²) in [5.74, 6) is 0.867. The lowest BCUT2D eigenvalue weighted by atomic mass is 9.81. The van der Waals surface area contributed by atoms with Crippen molar-refractivity contribution in [2.45, 2.75) is 64.2 Å². The first-order valence-electron chi connectivity index (χ1n) is 9.59. The third kappa shape index (κ3) is 1.82. The molecule has 0 N–H and O–H groups in total. The molecule has 0 aliphatic heterocycles. The van der Waals surface area contributed by atoms with Crippen LogP contribution < -0.4 is 5.56 Å². The van der Waals surface area contributed by atoms with Crippen molar-refractivity contribution < 1.29 is 0 Å². The highest BCUT2D eigenvalue weighted by atomic mass is 16.1. The molecular weight excluding hydrogens is 322 g/mol. The molecule has 1 saturated carbocycles. The van der Waals surface area contributed by atoms with Crippen molar-refractivity contribution in [1.82, 2.24) is 14.4 Å². The second-order valence-corrected chi connectivity index (χ2v) is 9.42. The Morgan fingerprint density at radius 1 is 1.19 bits per heavy atom. The van der Waals surface area contributed by atoms with Gasteiger partial charge < -0.3 is 4.40 Å². The normalized spacial score (nSPS) is 27.4. The van der Waals surface area contributed by atoms with Gasteiger partial charge in [-0.1, -0.05) is 34.6 Å². The van der Waals surface area contributed by atoms with Crippen molar-refractivity contribution in [2.24, 2.45) is 5.92 Å². The summed E-state index contributed by atoms with van der Waals surface area (Å²) in [6.07, 6.45) is 4.33. The summed E-state index contributed by atoms with van der Waals surface area (Å²) >= 11 is 0. The Kier molecular flexibility index (Phi) is 2.91. The number of pyridine rings is 2. The zero-order chi connectivity index (χ0) is 18.4. The monoisotopic (exact) mass is 347 g/mol. The van der Waals surface area contributed by atoms with Gasteiger partial charge in [0.2, 0.25) is 0 Å². The van der Waals surface area contributed by atoms with E-state index in [0.29, 0.717) is 11.8 Å². The number of nitrogens with zero attached hydrogens (tertiary/aromatic N) is 3. The van der Waals surface area contributed by atoms with E-state index < -0.39 is 0 Å². The molecule has 3 atom stereocenters. The SMILES string of the molecule is CC1C2CCC1(C)c1c2c(=O)nc2c3ccc(C(C)(C)C)nc3ccn12. The Bertz CT molecular complexity index is 1140. The molecule has 134 valence electrons. The number of rotatable bonds is 0. The molecule has 0 spiro atoms. The lowest BCUT2D eigenvalue weighted by Crippen LogP contribution is -2.28. The van der Waals surface area contributed by atoms with Crippen LogP contribution in [-0.2, 0) is 10.8 Å². The first-order chi connectivity index (χ1) is 12.2. The van der Waals surface area contributed by atoms with E-state index in [9.17, 15) is 4.79 Å². The van der Waals surface area contributed by atoms with Gasteiger partial charge in [0.05, 0.1) is 5.52 Å². The second-order valence-electron chi connectivity index (χ2n) is 9.42. The van der Waals surface area contributed by atoms with Crippen molar-refractivity contribution >= 4 is 16.6 Å². The molecule has 4 heteroatoms. The van der Waals surface area contributed by atoms with E-state index in [-0.39, 0.29) is 16.4 Å². The minimum Gasteiger partial charge on any atom is -0.304 e. The lowest BCUT2D eigenvalue weighted by molar-refractivity contribution is 0.375. The maximum absolute atomic E-state index is 12.9. The van der Waals surface area contributed by atoms with Crippen LogP contribution in [0.5, 0.6) is 0 Å². The van der Waals surface area contributed by atoms with Gasteiger partial charge in [-0.25, -0.2) is 0 Å². The summed E-state index contributed by atoms with van der Waals surface area (Å²) in [6, 6.07) is 6.22. The fourth-order valence-electron chi connectivity index (χ4n) is 5.26. The van der Waals surface area contributed by atoms with Gasteiger partial charge >= 0.3 is 0 Å². The van der Waals surface area contributed by atoms with Gasteiger partial charge in [-0.15, -0.1) is 0 Å². The highest BCUT2D eigenvalue weighted by Crippen LogP contribution is 2.59. The Morgan fingerprint density at radius 3 is 2.69 bits per heavy atom. The van der Waals surface area contributed by atoms with Crippen LogP contribution in [0, 0.1) is 5.92 Å². The molecule has 2 aliphatic carbocycles. The van der Waals surface area contributed by atoms with Crippen molar-refractivity contribution in [2.75, 3.05) is 0 Å². The fraction of sp³-hybridized carbons (Fsp3) is 0.500. The van der Waals surface area contributed by atoms with Gasteiger partial charge in [-0.2, -0.15) is 4.98 Å². The van der Waals surface area contributed by atoms with E-state index in [1.54, 1.807) is 0 Å². The predicted octanol–water partition coefficient (Wildman–Crippen LogP) is 4.33. The molecule has 26 heavy (non-hydrogen) atoms. The van der Waals surface area contributed by atoms with E-state index >= 15 is 0 Å². The van der Waals surface area contributed by atoms with Crippen LogP contribution >= 0.6 is 0 Å². The first kappa shape index (κ1) is 16.0. The van der Waals surface area contributed by atoms with Gasteiger partial charge in [-0.3, -0.25) is 9.78 Å². The maximum atomic E-state index is 12.9. The minimum atomic E-state index is -0.0346. The van der Waals surface area contributed by atoms with Gasteiger partial charge in [0.25, 0.3) is 5.56 Å². The average molecular weight is 347 g/mol. The number of hydrogen-bond acceptors (Lipinski definition) is 3. The standard InChI is InChI=1S/C22H25N3O/c1-12-13-8-10-22(12,5)18-17(13)20(26)24-19-14-6-7-16(21(2,3)4)23-15(14)9-11-25(18)19/h6-7,9,11-13H,8,10H2,1-5H3. The van der Waals surface area contributed by atoms with Crippen LogP contribution in [-0.4, -0.2) is 14.4 Å². The Balaban J connectivity index is 1.87. The van der Waals surface area contributed by atoms with Gasteiger partial charge in [0, 0.05) is 39.4 Å². The summed E-state index contributed by atoms with van der Waals surface area (Å²) in [7, 11) is 0. The summed E-state index contributed by atoms with van der Waals surface area (Å²) < 4.78 is 2.17. The predicted molar refractivity (Wildman–Crippen MR) is 104 cm³/mol. The fourth-order valence-corrected chi connectivity index (χ4v) is 5.26. The van der Waals surface area contributed by atoms with Crippen LogP contribution in [0.15, 0.2) is 29.2 Å². The zero-order valence-corrected chi connectivity index (χ0v) is 16.1. The second kappa shape index (κ2) is 4.73. The van der Waals surface area contributed by atoms with Gasteiger partial charge in [0.15, 0.2) is 5.65 Å². The highest BCUT2D eigenvalue weighted by molar-refractivity contribution is 5.91. The van der Waals surface area contributed by atoms with E-state index in [1.165, 1.54) is 5.69 Å². The zero-order valence-electron chi connectivity index (χ0n) is 16.1. The molecule has 0 saturated heterocycles. The molecule has 0 aromatic carbocycles. The largest absolute Gasteiger partial charge is 0.304 e. The maximum Gasteiger partial charge on any atom is 0.277 e. The van der Waals surface area contributed by atoms with Gasteiger partial charge in [0.1, 0.15) is 0 Å².